The number of rotatable bonds is 8. The maximum absolute atomic E-state index is 13.1. The minimum Gasteiger partial charge on any atom is -0.497 e. The van der Waals surface area contributed by atoms with Gasteiger partial charge in [-0.2, -0.15) is 0 Å². The Morgan fingerprint density at radius 1 is 0.794 bits per heavy atom. The Kier molecular flexibility index (Phi) is 7.42. The molecule has 0 fully saturated rings. The second-order valence-corrected chi connectivity index (χ2v) is 9.04. The fraction of sp³-hybridized carbons (Fsp3) is 0.167. The van der Waals surface area contributed by atoms with Crippen LogP contribution in [-0.4, -0.2) is 34.5 Å². The van der Waals surface area contributed by atoms with Crippen molar-refractivity contribution in [3.63, 3.8) is 0 Å². The smallest absolute Gasteiger partial charge is 0.261 e. The molecule has 0 radical (unpaired) electrons. The number of hydrogen-bond acceptors (Lipinski definition) is 6. The number of anilines is 3. The molecule has 0 aliphatic heterocycles. The van der Waals surface area contributed by atoms with Crippen molar-refractivity contribution in [2.75, 3.05) is 29.6 Å². The SMILES string of the molecule is COc1ccc(NS(=O)(=O)c2ccc(C)c(C(=O)Nc3cc(OC)ccc3NC(C)=O)c2)cc1. The third kappa shape index (κ3) is 5.84. The standard InChI is InChI=1S/C24H25N3O6S/c1-15-5-11-20(34(30,31)27-17-6-8-18(32-3)9-7-17)14-21(15)24(29)26-23-13-19(33-4)10-12-22(23)25-16(2)28/h5-14,27H,1-4H3,(H,25,28)(H,26,29). The molecular formula is C24H25N3O6S. The number of amides is 2. The average Bonchev–Trinajstić information content (AvgIpc) is 2.80. The van der Waals surface area contributed by atoms with Crippen molar-refractivity contribution in [3.05, 3.63) is 71.8 Å². The highest BCUT2D eigenvalue weighted by atomic mass is 32.2. The Morgan fingerprint density at radius 2 is 1.44 bits per heavy atom. The molecule has 178 valence electrons. The summed E-state index contributed by atoms with van der Waals surface area (Å²) < 4.78 is 38.6. The van der Waals surface area contributed by atoms with Gasteiger partial charge in [-0.3, -0.25) is 14.3 Å². The molecule has 0 atom stereocenters. The lowest BCUT2D eigenvalue weighted by molar-refractivity contribution is -0.114. The van der Waals surface area contributed by atoms with E-state index in [1.54, 1.807) is 55.5 Å². The fourth-order valence-corrected chi connectivity index (χ4v) is 4.21. The van der Waals surface area contributed by atoms with Crippen molar-refractivity contribution in [2.24, 2.45) is 0 Å². The Bertz CT molecular complexity index is 1320. The van der Waals surface area contributed by atoms with E-state index in [2.05, 4.69) is 15.4 Å². The van der Waals surface area contributed by atoms with Gasteiger partial charge in [0.15, 0.2) is 0 Å². The summed E-state index contributed by atoms with van der Waals surface area (Å²) >= 11 is 0. The molecule has 0 spiro atoms. The van der Waals surface area contributed by atoms with Crippen LogP contribution in [0.2, 0.25) is 0 Å². The van der Waals surface area contributed by atoms with E-state index in [4.69, 9.17) is 9.47 Å². The van der Waals surface area contributed by atoms with Gasteiger partial charge in [0.1, 0.15) is 11.5 Å². The quantitative estimate of drug-likeness (QED) is 0.445. The average molecular weight is 484 g/mol. The second-order valence-electron chi connectivity index (χ2n) is 7.36. The predicted molar refractivity (Wildman–Crippen MR) is 130 cm³/mol. The Morgan fingerprint density at radius 3 is 2.06 bits per heavy atom. The normalized spacial score (nSPS) is 10.8. The molecule has 0 aromatic heterocycles. The lowest BCUT2D eigenvalue weighted by Gasteiger charge is -2.15. The molecule has 0 aliphatic rings. The molecule has 0 unspecified atom stereocenters. The second kappa shape index (κ2) is 10.3. The van der Waals surface area contributed by atoms with Crippen molar-refractivity contribution in [3.8, 4) is 11.5 Å². The maximum atomic E-state index is 13.1. The number of carbonyl (C=O) groups is 2. The molecule has 0 saturated heterocycles. The summed E-state index contributed by atoms with van der Waals surface area (Å²) in [7, 11) is -0.965. The lowest BCUT2D eigenvalue weighted by atomic mass is 10.1. The summed E-state index contributed by atoms with van der Waals surface area (Å²) in [5, 5.41) is 5.37. The summed E-state index contributed by atoms with van der Waals surface area (Å²) in [6.07, 6.45) is 0. The fourth-order valence-electron chi connectivity index (χ4n) is 3.13. The number of benzene rings is 3. The molecule has 3 aromatic carbocycles. The van der Waals surface area contributed by atoms with Crippen LogP contribution >= 0.6 is 0 Å². The zero-order valence-corrected chi connectivity index (χ0v) is 19.9. The lowest BCUT2D eigenvalue weighted by Crippen LogP contribution is -2.18. The summed E-state index contributed by atoms with van der Waals surface area (Å²) in [5.41, 5.74) is 1.77. The number of sulfonamides is 1. The summed E-state index contributed by atoms with van der Waals surface area (Å²) in [4.78, 5) is 24.5. The zero-order chi connectivity index (χ0) is 24.9. The molecule has 0 saturated carbocycles. The van der Waals surface area contributed by atoms with Crippen LogP contribution in [0.1, 0.15) is 22.8 Å². The first kappa shape index (κ1) is 24.6. The highest BCUT2D eigenvalue weighted by molar-refractivity contribution is 7.92. The van der Waals surface area contributed by atoms with Crippen LogP contribution in [0.25, 0.3) is 0 Å². The summed E-state index contributed by atoms with van der Waals surface area (Å²) in [6.45, 7) is 3.05. The number of nitrogens with one attached hydrogen (secondary N) is 3. The van der Waals surface area contributed by atoms with E-state index in [9.17, 15) is 18.0 Å². The van der Waals surface area contributed by atoms with Crippen molar-refractivity contribution in [2.45, 2.75) is 18.7 Å². The molecular weight excluding hydrogens is 458 g/mol. The maximum Gasteiger partial charge on any atom is 0.261 e. The van der Waals surface area contributed by atoms with Crippen LogP contribution in [0.5, 0.6) is 11.5 Å². The number of hydrogen-bond donors (Lipinski definition) is 3. The monoisotopic (exact) mass is 483 g/mol. The van der Waals surface area contributed by atoms with Crippen molar-refractivity contribution in [1.82, 2.24) is 0 Å². The highest BCUT2D eigenvalue weighted by Crippen LogP contribution is 2.28. The first-order chi connectivity index (χ1) is 16.1. The van der Waals surface area contributed by atoms with E-state index in [-0.39, 0.29) is 16.4 Å². The van der Waals surface area contributed by atoms with Gasteiger partial charge in [0.25, 0.3) is 15.9 Å². The van der Waals surface area contributed by atoms with Crippen molar-refractivity contribution >= 4 is 38.9 Å². The van der Waals surface area contributed by atoms with E-state index >= 15 is 0 Å². The molecule has 2 amide bonds. The minimum absolute atomic E-state index is 0.0770. The van der Waals surface area contributed by atoms with E-state index in [1.165, 1.54) is 33.3 Å². The first-order valence-electron chi connectivity index (χ1n) is 10.2. The molecule has 10 heteroatoms. The molecule has 9 nitrogen and oxygen atoms in total. The molecule has 34 heavy (non-hydrogen) atoms. The van der Waals surface area contributed by atoms with Gasteiger partial charge in [0, 0.05) is 24.2 Å². The number of aryl methyl sites for hydroxylation is 1. The van der Waals surface area contributed by atoms with Crippen LogP contribution in [0.4, 0.5) is 17.1 Å². The van der Waals surface area contributed by atoms with Crippen LogP contribution in [0.15, 0.2) is 65.6 Å². The van der Waals surface area contributed by atoms with Gasteiger partial charge < -0.3 is 20.1 Å². The van der Waals surface area contributed by atoms with Gasteiger partial charge in [-0.25, -0.2) is 8.42 Å². The molecule has 3 N–H and O–H groups in total. The predicted octanol–water partition coefficient (Wildman–Crippen LogP) is 4.02. The van der Waals surface area contributed by atoms with Crippen molar-refractivity contribution in [1.29, 1.82) is 0 Å². The Labute approximate surface area is 198 Å². The van der Waals surface area contributed by atoms with Crippen LogP contribution in [0.3, 0.4) is 0 Å². The third-order valence-corrected chi connectivity index (χ3v) is 6.27. The summed E-state index contributed by atoms with van der Waals surface area (Å²) in [5.74, 6) is 0.211. The van der Waals surface area contributed by atoms with Crippen LogP contribution < -0.4 is 24.8 Å². The van der Waals surface area contributed by atoms with E-state index in [1.807, 2.05) is 0 Å². The first-order valence-corrected chi connectivity index (χ1v) is 11.7. The Balaban J connectivity index is 1.90. The van der Waals surface area contributed by atoms with Crippen LogP contribution in [0, 0.1) is 6.92 Å². The largest absolute Gasteiger partial charge is 0.497 e. The third-order valence-electron chi connectivity index (χ3n) is 4.89. The molecule has 3 rings (SSSR count). The van der Waals surface area contributed by atoms with E-state index in [0.29, 0.717) is 34.1 Å². The van der Waals surface area contributed by atoms with Gasteiger partial charge in [-0.15, -0.1) is 0 Å². The van der Waals surface area contributed by atoms with Gasteiger partial charge in [-0.05, 0) is 61.0 Å². The van der Waals surface area contributed by atoms with E-state index < -0.39 is 15.9 Å². The molecule has 3 aromatic rings. The minimum atomic E-state index is -3.96. The van der Waals surface area contributed by atoms with Gasteiger partial charge in [-0.1, -0.05) is 6.07 Å². The number of carbonyl (C=O) groups excluding carboxylic acids is 2. The highest BCUT2D eigenvalue weighted by Gasteiger charge is 2.19. The summed E-state index contributed by atoms with van der Waals surface area (Å²) in [6, 6.07) is 15.5. The van der Waals surface area contributed by atoms with Gasteiger partial charge in [0.2, 0.25) is 5.91 Å². The topological polar surface area (TPSA) is 123 Å². The van der Waals surface area contributed by atoms with Gasteiger partial charge >= 0.3 is 0 Å². The molecule has 0 aliphatic carbocycles. The molecule has 0 heterocycles. The van der Waals surface area contributed by atoms with E-state index in [0.717, 1.165) is 0 Å². The Hall–Kier alpha value is -4.05. The molecule has 0 bridgehead atoms. The zero-order valence-electron chi connectivity index (χ0n) is 19.1. The van der Waals surface area contributed by atoms with Gasteiger partial charge in [0.05, 0.1) is 30.5 Å². The van der Waals surface area contributed by atoms with Crippen molar-refractivity contribution < 1.29 is 27.5 Å². The number of ether oxygens (including phenoxy) is 2. The van der Waals surface area contributed by atoms with Crippen LogP contribution in [-0.2, 0) is 14.8 Å². The number of methoxy groups -OCH3 is 2.